The second-order valence-electron chi connectivity index (χ2n) is 7.10. The van der Waals surface area contributed by atoms with Gasteiger partial charge in [0.25, 0.3) is 5.91 Å². The molecule has 1 aromatic carbocycles. The molecule has 1 fully saturated rings. The summed E-state index contributed by atoms with van der Waals surface area (Å²) in [5.74, 6) is 0.176. The summed E-state index contributed by atoms with van der Waals surface area (Å²) in [7, 11) is 0. The van der Waals surface area contributed by atoms with Gasteiger partial charge in [0.05, 0.1) is 17.2 Å². The number of rotatable bonds is 4. The van der Waals surface area contributed by atoms with Crippen LogP contribution in [0.4, 0.5) is 0 Å². The number of hydrogen-bond donors (Lipinski definition) is 0. The average molecular weight is 339 g/mol. The minimum Gasteiger partial charge on any atom is -0.338 e. The number of benzene rings is 1. The molecule has 0 radical (unpaired) electrons. The molecule has 3 rings (SSSR count). The van der Waals surface area contributed by atoms with Crippen LogP contribution in [-0.4, -0.2) is 39.5 Å². The Kier molecular flexibility index (Phi) is 4.75. The number of ketones is 1. The number of nitrogens with zero attached hydrogens (tertiary/aromatic N) is 3. The zero-order valence-electron chi connectivity index (χ0n) is 15.1. The van der Waals surface area contributed by atoms with E-state index in [2.05, 4.69) is 5.10 Å². The maximum absolute atomic E-state index is 12.7. The molecule has 0 N–H and O–H groups in total. The Bertz CT molecular complexity index is 756. The van der Waals surface area contributed by atoms with Crippen LogP contribution >= 0.6 is 0 Å². The summed E-state index contributed by atoms with van der Waals surface area (Å²) in [6.07, 6.45) is 4.76. The molecule has 5 nitrogen and oxygen atoms in total. The molecule has 0 unspecified atom stereocenters. The number of carbonyl (C=O) groups is 2. The van der Waals surface area contributed by atoms with E-state index in [0.717, 1.165) is 5.56 Å². The summed E-state index contributed by atoms with van der Waals surface area (Å²) in [5.41, 5.74) is 1.20. The second-order valence-corrected chi connectivity index (χ2v) is 7.10. The lowest BCUT2D eigenvalue weighted by atomic mass is 9.70. The molecule has 0 bridgehead atoms. The normalized spacial score (nSPS) is 16.9. The van der Waals surface area contributed by atoms with E-state index >= 15 is 0 Å². The molecule has 2 aromatic rings. The molecule has 1 aliphatic heterocycles. The van der Waals surface area contributed by atoms with E-state index in [9.17, 15) is 9.59 Å². The summed E-state index contributed by atoms with van der Waals surface area (Å²) >= 11 is 0. The summed E-state index contributed by atoms with van der Waals surface area (Å²) in [4.78, 5) is 27.0. The van der Waals surface area contributed by atoms with Crippen LogP contribution in [0.1, 0.15) is 55.6 Å². The molecule has 1 aromatic heterocycles. The van der Waals surface area contributed by atoms with Gasteiger partial charge in [-0.1, -0.05) is 30.3 Å². The Morgan fingerprint density at radius 3 is 2.28 bits per heavy atom. The summed E-state index contributed by atoms with van der Waals surface area (Å²) < 4.78 is 1.79. The molecule has 0 saturated carbocycles. The van der Waals surface area contributed by atoms with Crippen LogP contribution in [-0.2, 0) is 10.2 Å². The fourth-order valence-electron chi connectivity index (χ4n) is 3.61. The van der Waals surface area contributed by atoms with Gasteiger partial charge in [-0.3, -0.25) is 14.3 Å². The standard InChI is InChI=1S/C20H25N3O2/c1-15(2)23-14-17(13-21-23)19(25)22-11-9-20(10-12-22,16(3)24)18-7-5-4-6-8-18/h4-8,13-15H,9-12H2,1-3H3. The lowest BCUT2D eigenvalue weighted by Gasteiger charge is -2.40. The Hall–Kier alpha value is -2.43. The second kappa shape index (κ2) is 6.82. The lowest BCUT2D eigenvalue weighted by Crippen LogP contribution is -2.48. The highest BCUT2D eigenvalue weighted by Crippen LogP contribution is 2.36. The van der Waals surface area contributed by atoms with Crippen LogP contribution in [0.3, 0.4) is 0 Å². The van der Waals surface area contributed by atoms with E-state index in [1.54, 1.807) is 24.0 Å². The topological polar surface area (TPSA) is 55.2 Å². The van der Waals surface area contributed by atoms with Crippen molar-refractivity contribution in [2.75, 3.05) is 13.1 Å². The predicted molar refractivity (Wildman–Crippen MR) is 96.6 cm³/mol. The largest absolute Gasteiger partial charge is 0.338 e. The minimum absolute atomic E-state index is 0.00267. The molecule has 1 amide bonds. The van der Waals surface area contributed by atoms with E-state index in [0.29, 0.717) is 31.5 Å². The Morgan fingerprint density at radius 1 is 1.12 bits per heavy atom. The number of hydrogen-bond acceptors (Lipinski definition) is 3. The molecule has 0 spiro atoms. The minimum atomic E-state index is -0.472. The highest BCUT2D eigenvalue weighted by atomic mass is 16.2. The van der Waals surface area contributed by atoms with Crippen molar-refractivity contribution >= 4 is 11.7 Å². The van der Waals surface area contributed by atoms with E-state index < -0.39 is 5.41 Å². The Balaban J connectivity index is 1.75. The number of aromatic nitrogens is 2. The Morgan fingerprint density at radius 2 is 1.76 bits per heavy atom. The van der Waals surface area contributed by atoms with Gasteiger partial charge in [0, 0.05) is 25.3 Å². The maximum Gasteiger partial charge on any atom is 0.257 e. The van der Waals surface area contributed by atoms with Gasteiger partial charge in [0.1, 0.15) is 5.78 Å². The predicted octanol–water partition coefficient (Wildman–Crippen LogP) is 3.23. The number of carbonyl (C=O) groups excluding carboxylic acids is 2. The van der Waals surface area contributed by atoms with Crippen LogP contribution in [0.15, 0.2) is 42.7 Å². The molecule has 0 aliphatic carbocycles. The fraction of sp³-hybridized carbons (Fsp3) is 0.450. The summed E-state index contributed by atoms with van der Waals surface area (Å²) in [5, 5.41) is 4.25. The first kappa shape index (κ1) is 17.4. The highest BCUT2D eigenvalue weighted by Gasteiger charge is 2.41. The zero-order valence-corrected chi connectivity index (χ0v) is 15.1. The molecular formula is C20H25N3O2. The number of likely N-dealkylation sites (tertiary alicyclic amines) is 1. The molecule has 132 valence electrons. The molecule has 1 aliphatic rings. The third kappa shape index (κ3) is 3.23. The van der Waals surface area contributed by atoms with Crippen LogP contribution in [0.2, 0.25) is 0 Å². The first-order chi connectivity index (χ1) is 11.9. The van der Waals surface area contributed by atoms with Crippen LogP contribution in [0.5, 0.6) is 0 Å². The van der Waals surface area contributed by atoms with Crippen molar-refractivity contribution in [3.05, 3.63) is 53.9 Å². The van der Waals surface area contributed by atoms with Crippen molar-refractivity contribution < 1.29 is 9.59 Å². The van der Waals surface area contributed by atoms with Crippen molar-refractivity contribution in [1.29, 1.82) is 0 Å². The molecular weight excluding hydrogens is 314 g/mol. The molecule has 5 heteroatoms. The van der Waals surface area contributed by atoms with Gasteiger partial charge in [0.15, 0.2) is 0 Å². The van der Waals surface area contributed by atoms with Gasteiger partial charge >= 0.3 is 0 Å². The third-order valence-corrected chi connectivity index (χ3v) is 5.28. The van der Waals surface area contributed by atoms with Crippen LogP contribution < -0.4 is 0 Å². The SMILES string of the molecule is CC(=O)C1(c2ccccc2)CCN(C(=O)c2cnn(C(C)C)c2)CC1. The smallest absolute Gasteiger partial charge is 0.257 e. The van der Waals surface area contributed by atoms with Gasteiger partial charge in [0.2, 0.25) is 0 Å². The van der Waals surface area contributed by atoms with Gasteiger partial charge < -0.3 is 4.90 Å². The highest BCUT2D eigenvalue weighted by molar-refractivity contribution is 5.94. The molecule has 0 atom stereocenters. The summed E-state index contributed by atoms with van der Waals surface area (Å²) in [6, 6.07) is 10.2. The summed E-state index contributed by atoms with van der Waals surface area (Å²) in [6.45, 7) is 6.89. The quantitative estimate of drug-likeness (QED) is 0.859. The molecule has 2 heterocycles. The van der Waals surface area contributed by atoms with E-state index in [1.165, 1.54) is 0 Å². The maximum atomic E-state index is 12.7. The van der Waals surface area contributed by atoms with Crippen LogP contribution in [0.25, 0.3) is 0 Å². The van der Waals surface area contributed by atoms with E-state index in [1.807, 2.05) is 49.1 Å². The molecule has 1 saturated heterocycles. The zero-order chi connectivity index (χ0) is 18.0. The van der Waals surface area contributed by atoms with Gasteiger partial charge in [-0.2, -0.15) is 5.10 Å². The average Bonchev–Trinajstić information content (AvgIpc) is 3.12. The van der Waals surface area contributed by atoms with Crippen molar-refractivity contribution in [2.24, 2.45) is 0 Å². The Labute approximate surface area is 148 Å². The number of Topliss-reactive ketones (excluding diaryl/α,β-unsaturated/α-hetero) is 1. The van der Waals surface area contributed by atoms with Crippen molar-refractivity contribution in [3.63, 3.8) is 0 Å². The van der Waals surface area contributed by atoms with Gasteiger partial charge in [-0.25, -0.2) is 0 Å². The molecule has 25 heavy (non-hydrogen) atoms. The first-order valence-electron chi connectivity index (χ1n) is 8.84. The number of amides is 1. The van der Waals surface area contributed by atoms with E-state index in [-0.39, 0.29) is 17.7 Å². The first-order valence-corrected chi connectivity index (χ1v) is 8.84. The van der Waals surface area contributed by atoms with Gasteiger partial charge in [-0.15, -0.1) is 0 Å². The number of piperidine rings is 1. The van der Waals surface area contributed by atoms with Gasteiger partial charge in [-0.05, 0) is 39.2 Å². The fourth-order valence-corrected chi connectivity index (χ4v) is 3.61. The lowest BCUT2D eigenvalue weighted by molar-refractivity contribution is -0.124. The van der Waals surface area contributed by atoms with Crippen LogP contribution in [0, 0.1) is 0 Å². The van der Waals surface area contributed by atoms with Crippen molar-refractivity contribution in [2.45, 2.75) is 45.1 Å². The van der Waals surface area contributed by atoms with E-state index in [4.69, 9.17) is 0 Å². The third-order valence-electron chi connectivity index (χ3n) is 5.28. The van der Waals surface area contributed by atoms with Crippen molar-refractivity contribution in [3.8, 4) is 0 Å². The van der Waals surface area contributed by atoms with Crippen molar-refractivity contribution in [1.82, 2.24) is 14.7 Å². The monoisotopic (exact) mass is 339 g/mol.